The summed E-state index contributed by atoms with van der Waals surface area (Å²) in [5.74, 6) is -0.840. The maximum Gasteiger partial charge on any atom is 0.306 e. The quantitative estimate of drug-likeness (QED) is 0.0343. The van der Waals surface area contributed by atoms with Crippen LogP contribution in [0.5, 0.6) is 0 Å². The zero-order chi connectivity index (χ0) is 50.7. The third-order valence-electron chi connectivity index (χ3n) is 14.9. The average molecular weight is 990 g/mol. The van der Waals surface area contributed by atoms with Crippen LogP contribution in [0.25, 0.3) is 0 Å². The fourth-order valence-corrected chi connectivity index (χ4v) is 10.0. The molecule has 1 atom stereocenters. The molecule has 0 aliphatic carbocycles. The van der Waals surface area contributed by atoms with E-state index in [0.717, 1.165) is 57.8 Å². The number of rotatable bonds is 60. The van der Waals surface area contributed by atoms with E-state index in [4.69, 9.17) is 14.2 Å². The van der Waals surface area contributed by atoms with Crippen LogP contribution in [0.4, 0.5) is 0 Å². The van der Waals surface area contributed by atoms with Crippen LogP contribution in [0.1, 0.15) is 374 Å². The lowest BCUT2D eigenvalue weighted by atomic mass is 10.0. The summed E-state index contributed by atoms with van der Waals surface area (Å²) in [6.07, 6.45) is 68.7. The third kappa shape index (κ3) is 57.3. The molecule has 416 valence electrons. The Morgan fingerprint density at radius 2 is 0.386 bits per heavy atom. The van der Waals surface area contributed by atoms with Crippen LogP contribution in [0.2, 0.25) is 0 Å². The van der Waals surface area contributed by atoms with Crippen LogP contribution in [-0.2, 0) is 28.6 Å². The van der Waals surface area contributed by atoms with Crippen molar-refractivity contribution in [3.63, 3.8) is 0 Å². The van der Waals surface area contributed by atoms with Gasteiger partial charge in [0.05, 0.1) is 0 Å². The van der Waals surface area contributed by atoms with Gasteiger partial charge in [-0.25, -0.2) is 0 Å². The monoisotopic (exact) mass is 989 g/mol. The van der Waals surface area contributed by atoms with Crippen LogP contribution in [0.15, 0.2) is 0 Å². The zero-order valence-corrected chi connectivity index (χ0v) is 47.8. The van der Waals surface area contributed by atoms with Crippen LogP contribution >= 0.6 is 0 Å². The summed E-state index contributed by atoms with van der Waals surface area (Å²) in [6, 6.07) is 0. The van der Waals surface area contributed by atoms with E-state index in [0.29, 0.717) is 19.3 Å². The Morgan fingerprint density at radius 1 is 0.229 bits per heavy atom. The summed E-state index contributed by atoms with van der Waals surface area (Å²) in [7, 11) is 0. The topological polar surface area (TPSA) is 78.9 Å². The van der Waals surface area contributed by atoms with Crippen molar-refractivity contribution in [3.8, 4) is 0 Å². The molecule has 0 spiro atoms. The lowest BCUT2D eigenvalue weighted by Gasteiger charge is -2.18. The first kappa shape index (κ1) is 68.4. The van der Waals surface area contributed by atoms with E-state index in [1.54, 1.807) is 0 Å². The number of ether oxygens (including phenoxy) is 3. The van der Waals surface area contributed by atoms with Crippen LogP contribution in [0.3, 0.4) is 0 Å². The predicted molar refractivity (Wildman–Crippen MR) is 303 cm³/mol. The maximum atomic E-state index is 12.8. The summed E-state index contributed by atoms with van der Waals surface area (Å²) >= 11 is 0. The normalized spacial score (nSPS) is 11.9. The van der Waals surface area contributed by atoms with Crippen molar-refractivity contribution in [2.75, 3.05) is 13.2 Å². The van der Waals surface area contributed by atoms with Gasteiger partial charge in [-0.3, -0.25) is 14.4 Å². The largest absolute Gasteiger partial charge is 0.462 e. The Morgan fingerprint density at radius 3 is 0.571 bits per heavy atom. The van der Waals surface area contributed by atoms with E-state index in [1.807, 2.05) is 0 Å². The summed E-state index contributed by atoms with van der Waals surface area (Å²) in [4.78, 5) is 38.0. The van der Waals surface area contributed by atoms with Gasteiger partial charge in [-0.2, -0.15) is 0 Å². The van der Waals surface area contributed by atoms with E-state index in [9.17, 15) is 14.4 Å². The fraction of sp³-hybridized carbons (Fsp3) is 0.953. The van der Waals surface area contributed by atoms with Gasteiger partial charge < -0.3 is 14.2 Å². The third-order valence-corrected chi connectivity index (χ3v) is 14.9. The molecule has 0 saturated heterocycles. The summed E-state index contributed by atoms with van der Waals surface area (Å²) in [5.41, 5.74) is 0. The van der Waals surface area contributed by atoms with Gasteiger partial charge in [0.2, 0.25) is 0 Å². The molecule has 6 nitrogen and oxygen atoms in total. The molecule has 0 aromatic rings. The van der Waals surface area contributed by atoms with E-state index in [-0.39, 0.29) is 31.1 Å². The van der Waals surface area contributed by atoms with Crippen molar-refractivity contribution in [3.05, 3.63) is 0 Å². The van der Waals surface area contributed by atoms with E-state index in [2.05, 4.69) is 20.8 Å². The van der Waals surface area contributed by atoms with Crippen molar-refractivity contribution in [2.45, 2.75) is 380 Å². The van der Waals surface area contributed by atoms with Gasteiger partial charge in [-0.1, -0.05) is 335 Å². The number of hydrogen-bond acceptors (Lipinski definition) is 6. The number of carbonyl (C=O) groups excluding carboxylic acids is 3. The highest BCUT2D eigenvalue weighted by Gasteiger charge is 2.19. The maximum absolute atomic E-state index is 12.8. The minimum absolute atomic E-state index is 0.0618. The van der Waals surface area contributed by atoms with E-state index in [1.165, 1.54) is 276 Å². The van der Waals surface area contributed by atoms with Crippen molar-refractivity contribution >= 4 is 17.9 Å². The van der Waals surface area contributed by atoms with Crippen molar-refractivity contribution in [1.82, 2.24) is 0 Å². The van der Waals surface area contributed by atoms with Gasteiger partial charge in [0.15, 0.2) is 6.10 Å². The first-order valence-electron chi connectivity index (χ1n) is 32.0. The first-order valence-corrected chi connectivity index (χ1v) is 32.0. The summed E-state index contributed by atoms with van der Waals surface area (Å²) < 4.78 is 16.8. The smallest absolute Gasteiger partial charge is 0.306 e. The molecule has 0 aliphatic rings. The second-order valence-corrected chi connectivity index (χ2v) is 22.1. The van der Waals surface area contributed by atoms with Gasteiger partial charge >= 0.3 is 17.9 Å². The van der Waals surface area contributed by atoms with Crippen LogP contribution < -0.4 is 0 Å². The Bertz CT molecular complexity index is 1040. The minimum Gasteiger partial charge on any atom is -0.462 e. The van der Waals surface area contributed by atoms with Gasteiger partial charge in [0, 0.05) is 19.3 Å². The van der Waals surface area contributed by atoms with E-state index < -0.39 is 6.10 Å². The fourth-order valence-electron chi connectivity index (χ4n) is 10.0. The molecule has 0 N–H and O–H groups in total. The Balaban J connectivity index is 3.95. The molecular weight excluding hydrogens is 865 g/mol. The molecule has 0 rings (SSSR count). The molecular formula is C64H124O6. The van der Waals surface area contributed by atoms with Crippen molar-refractivity contribution < 1.29 is 28.6 Å². The molecule has 1 unspecified atom stereocenters. The zero-order valence-electron chi connectivity index (χ0n) is 47.8. The second kappa shape index (κ2) is 60.0. The highest BCUT2D eigenvalue weighted by Crippen LogP contribution is 2.19. The standard InChI is InChI=1S/C64H124O6/c1-4-7-10-13-16-18-20-22-24-25-26-27-28-29-30-31-32-33-34-35-36-37-38-40-41-43-45-48-51-54-57-63(66)69-60-61(59-68-62(65)56-53-50-47-15-12-9-6-3)70-64(67)58-55-52-49-46-44-42-39-23-21-19-17-14-11-8-5-2/h61H,4-60H2,1-3H3. The highest BCUT2D eigenvalue weighted by molar-refractivity contribution is 5.71. The van der Waals surface area contributed by atoms with Crippen LogP contribution in [-0.4, -0.2) is 37.2 Å². The highest BCUT2D eigenvalue weighted by atomic mass is 16.6. The molecule has 0 amide bonds. The minimum atomic E-state index is -0.760. The Labute approximate surface area is 438 Å². The molecule has 0 radical (unpaired) electrons. The van der Waals surface area contributed by atoms with Gasteiger partial charge in [-0.05, 0) is 19.3 Å². The van der Waals surface area contributed by atoms with E-state index >= 15 is 0 Å². The number of hydrogen-bond donors (Lipinski definition) is 0. The Hall–Kier alpha value is -1.59. The number of carbonyl (C=O) groups is 3. The molecule has 0 aliphatic heterocycles. The molecule has 0 bridgehead atoms. The molecule has 0 heterocycles. The number of unbranched alkanes of at least 4 members (excludes halogenated alkanes) is 49. The Kier molecular flexibility index (Phi) is 58.6. The van der Waals surface area contributed by atoms with Crippen molar-refractivity contribution in [2.24, 2.45) is 0 Å². The van der Waals surface area contributed by atoms with Crippen LogP contribution in [0, 0.1) is 0 Å². The molecule has 70 heavy (non-hydrogen) atoms. The SMILES string of the molecule is CCCCCCCCCCCCCCCCCCCCCCCCCCCCCCCCC(=O)OCC(COC(=O)CCCCCCCCC)OC(=O)CCCCCCCCCCCCCCCCC. The van der Waals surface area contributed by atoms with Crippen molar-refractivity contribution in [1.29, 1.82) is 0 Å². The molecule has 0 saturated carbocycles. The summed E-state index contributed by atoms with van der Waals surface area (Å²) in [5, 5.41) is 0. The van der Waals surface area contributed by atoms with Gasteiger partial charge in [-0.15, -0.1) is 0 Å². The first-order chi connectivity index (χ1) is 34.5. The lowest BCUT2D eigenvalue weighted by Crippen LogP contribution is -2.30. The molecule has 0 fully saturated rings. The summed E-state index contributed by atoms with van der Waals surface area (Å²) in [6.45, 7) is 6.67. The predicted octanol–water partition coefficient (Wildman–Crippen LogP) is 21.5. The lowest BCUT2D eigenvalue weighted by molar-refractivity contribution is -0.167. The molecule has 0 aromatic carbocycles. The van der Waals surface area contributed by atoms with Gasteiger partial charge in [0.1, 0.15) is 13.2 Å². The molecule has 0 aromatic heterocycles. The second-order valence-electron chi connectivity index (χ2n) is 22.1. The molecule has 6 heteroatoms. The van der Waals surface area contributed by atoms with Gasteiger partial charge in [0.25, 0.3) is 0 Å². The average Bonchev–Trinajstić information content (AvgIpc) is 3.36. The number of esters is 3.